The predicted octanol–water partition coefficient (Wildman–Crippen LogP) is 4.68. The Kier molecular flexibility index (Phi) is 6.51. The van der Waals surface area contributed by atoms with E-state index in [0.29, 0.717) is 16.4 Å². The molecule has 3 rings (SSSR count). The third kappa shape index (κ3) is 5.83. The number of thiazole rings is 1. The highest BCUT2D eigenvalue weighted by Crippen LogP contribution is 2.26. The standard InChI is InChI=1S/C22H21N3O3S/c1-14-3-5-17(6-4-14)20(27)11-12-21(28)25-22-24-19(13-29-22)16-7-9-18(10-8-16)23-15(2)26/h3-10,13H,11-12H2,1-2H3,(H,23,26)(H,24,25,28). The molecule has 148 valence electrons. The molecule has 1 heterocycles. The number of aromatic nitrogens is 1. The molecule has 0 aliphatic carbocycles. The lowest BCUT2D eigenvalue weighted by Gasteiger charge is -2.03. The molecule has 3 aromatic rings. The van der Waals surface area contributed by atoms with Gasteiger partial charge in [0, 0.05) is 42.0 Å². The van der Waals surface area contributed by atoms with Gasteiger partial charge in [0.2, 0.25) is 11.8 Å². The molecule has 0 spiro atoms. The molecule has 0 aliphatic rings. The van der Waals surface area contributed by atoms with Crippen molar-refractivity contribution in [1.29, 1.82) is 0 Å². The number of nitrogens with zero attached hydrogens (tertiary/aromatic N) is 1. The Bertz CT molecular complexity index is 1020. The summed E-state index contributed by atoms with van der Waals surface area (Å²) in [6.45, 7) is 3.42. The minimum atomic E-state index is -0.243. The SMILES string of the molecule is CC(=O)Nc1ccc(-c2csc(NC(=O)CCC(=O)c3ccc(C)cc3)n2)cc1. The fourth-order valence-electron chi connectivity index (χ4n) is 2.68. The van der Waals surface area contributed by atoms with Gasteiger partial charge in [-0.1, -0.05) is 42.0 Å². The Balaban J connectivity index is 1.54. The van der Waals surface area contributed by atoms with E-state index in [2.05, 4.69) is 15.6 Å². The van der Waals surface area contributed by atoms with Crippen LogP contribution in [0.5, 0.6) is 0 Å². The van der Waals surface area contributed by atoms with Crippen molar-refractivity contribution in [3.05, 3.63) is 65.0 Å². The minimum Gasteiger partial charge on any atom is -0.326 e. The van der Waals surface area contributed by atoms with Crippen LogP contribution in [-0.4, -0.2) is 22.6 Å². The van der Waals surface area contributed by atoms with Crippen LogP contribution in [0.4, 0.5) is 10.8 Å². The summed E-state index contributed by atoms with van der Waals surface area (Å²) in [6.07, 6.45) is 0.255. The van der Waals surface area contributed by atoms with Crippen molar-refractivity contribution >= 4 is 39.8 Å². The van der Waals surface area contributed by atoms with E-state index < -0.39 is 0 Å². The number of nitrogens with one attached hydrogen (secondary N) is 2. The maximum Gasteiger partial charge on any atom is 0.226 e. The molecule has 6 nitrogen and oxygen atoms in total. The molecule has 2 N–H and O–H groups in total. The topological polar surface area (TPSA) is 88.2 Å². The monoisotopic (exact) mass is 407 g/mol. The number of Topliss-reactive ketones (excluding diaryl/α,β-unsaturated/α-hetero) is 1. The lowest BCUT2D eigenvalue weighted by molar-refractivity contribution is -0.116. The van der Waals surface area contributed by atoms with Gasteiger partial charge in [-0.25, -0.2) is 4.98 Å². The molecular formula is C22H21N3O3S. The van der Waals surface area contributed by atoms with E-state index in [1.54, 1.807) is 24.3 Å². The first-order chi connectivity index (χ1) is 13.9. The van der Waals surface area contributed by atoms with Gasteiger partial charge in [-0.05, 0) is 19.1 Å². The van der Waals surface area contributed by atoms with E-state index in [0.717, 1.165) is 16.8 Å². The summed E-state index contributed by atoms with van der Waals surface area (Å²) in [6, 6.07) is 14.6. The lowest BCUT2D eigenvalue weighted by atomic mass is 10.1. The first-order valence-corrected chi connectivity index (χ1v) is 10.0. The fourth-order valence-corrected chi connectivity index (χ4v) is 3.42. The predicted molar refractivity (Wildman–Crippen MR) is 115 cm³/mol. The van der Waals surface area contributed by atoms with Gasteiger partial charge in [-0.3, -0.25) is 14.4 Å². The number of hydrogen-bond donors (Lipinski definition) is 2. The first-order valence-electron chi connectivity index (χ1n) is 9.14. The molecule has 7 heteroatoms. The van der Waals surface area contributed by atoms with Crippen LogP contribution in [0.3, 0.4) is 0 Å². The number of rotatable bonds is 7. The van der Waals surface area contributed by atoms with Gasteiger partial charge in [-0.15, -0.1) is 11.3 Å². The molecule has 1 aromatic heterocycles. The number of hydrogen-bond acceptors (Lipinski definition) is 5. The van der Waals surface area contributed by atoms with Gasteiger partial charge in [-0.2, -0.15) is 0 Å². The number of carbonyl (C=O) groups excluding carboxylic acids is 3. The van der Waals surface area contributed by atoms with Crippen molar-refractivity contribution < 1.29 is 14.4 Å². The van der Waals surface area contributed by atoms with Crippen LogP contribution in [0.1, 0.15) is 35.7 Å². The molecule has 2 aromatic carbocycles. The summed E-state index contributed by atoms with van der Waals surface area (Å²) in [5.74, 6) is -0.427. The summed E-state index contributed by atoms with van der Waals surface area (Å²) in [5.41, 5.74) is 4.02. The van der Waals surface area contributed by atoms with Crippen molar-refractivity contribution in [2.24, 2.45) is 0 Å². The van der Waals surface area contributed by atoms with Crippen molar-refractivity contribution in [2.45, 2.75) is 26.7 Å². The van der Waals surface area contributed by atoms with E-state index in [1.165, 1.54) is 18.3 Å². The molecule has 29 heavy (non-hydrogen) atoms. The van der Waals surface area contributed by atoms with E-state index in [-0.39, 0.29) is 30.4 Å². The van der Waals surface area contributed by atoms with Gasteiger partial charge in [0.05, 0.1) is 5.69 Å². The Morgan fingerprint density at radius 2 is 1.62 bits per heavy atom. The Labute approximate surface area is 173 Å². The van der Waals surface area contributed by atoms with E-state index in [4.69, 9.17) is 0 Å². The third-order valence-electron chi connectivity index (χ3n) is 4.20. The number of anilines is 2. The average molecular weight is 407 g/mol. The van der Waals surface area contributed by atoms with Crippen LogP contribution in [0.2, 0.25) is 0 Å². The quantitative estimate of drug-likeness (QED) is 0.557. The summed E-state index contributed by atoms with van der Waals surface area (Å²) in [5, 5.41) is 7.79. The summed E-state index contributed by atoms with van der Waals surface area (Å²) in [4.78, 5) is 39.8. The van der Waals surface area contributed by atoms with E-state index >= 15 is 0 Å². The number of ketones is 1. The second kappa shape index (κ2) is 9.25. The van der Waals surface area contributed by atoms with Crippen LogP contribution < -0.4 is 10.6 Å². The summed E-state index contributed by atoms with van der Waals surface area (Å²) in [7, 11) is 0. The third-order valence-corrected chi connectivity index (χ3v) is 4.96. The van der Waals surface area contributed by atoms with Gasteiger partial charge in [0.1, 0.15) is 0 Å². The number of amides is 2. The maximum atomic E-state index is 12.2. The van der Waals surface area contributed by atoms with Crippen LogP contribution in [0, 0.1) is 6.92 Å². The second-order valence-electron chi connectivity index (χ2n) is 6.63. The molecule has 0 fully saturated rings. The summed E-state index contributed by atoms with van der Waals surface area (Å²) >= 11 is 1.32. The zero-order chi connectivity index (χ0) is 20.8. The van der Waals surface area contributed by atoms with Crippen LogP contribution >= 0.6 is 11.3 Å². The van der Waals surface area contributed by atoms with Gasteiger partial charge < -0.3 is 10.6 Å². The second-order valence-corrected chi connectivity index (χ2v) is 7.49. The normalized spacial score (nSPS) is 10.4. The zero-order valence-corrected chi connectivity index (χ0v) is 17.0. The van der Waals surface area contributed by atoms with Crippen LogP contribution in [0.25, 0.3) is 11.3 Å². The molecule has 2 amide bonds. The fraction of sp³-hybridized carbons (Fsp3) is 0.182. The van der Waals surface area contributed by atoms with Crippen LogP contribution in [-0.2, 0) is 9.59 Å². The van der Waals surface area contributed by atoms with Crippen molar-refractivity contribution in [1.82, 2.24) is 4.98 Å². The van der Waals surface area contributed by atoms with Gasteiger partial charge in [0.15, 0.2) is 10.9 Å². The molecular weight excluding hydrogens is 386 g/mol. The maximum absolute atomic E-state index is 12.2. The molecule has 0 radical (unpaired) electrons. The number of carbonyl (C=O) groups is 3. The van der Waals surface area contributed by atoms with Gasteiger partial charge in [0.25, 0.3) is 0 Å². The molecule has 0 atom stereocenters. The number of aryl methyl sites for hydroxylation is 1. The van der Waals surface area contributed by atoms with Crippen molar-refractivity contribution in [3.63, 3.8) is 0 Å². The first kappa shape index (κ1) is 20.4. The number of benzene rings is 2. The molecule has 0 saturated heterocycles. The Morgan fingerprint density at radius 3 is 2.28 bits per heavy atom. The highest BCUT2D eigenvalue weighted by atomic mass is 32.1. The van der Waals surface area contributed by atoms with Gasteiger partial charge >= 0.3 is 0 Å². The van der Waals surface area contributed by atoms with Crippen LogP contribution in [0.15, 0.2) is 53.9 Å². The van der Waals surface area contributed by atoms with Crippen molar-refractivity contribution in [3.8, 4) is 11.3 Å². The van der Waals surface area contributed by atoms with Crippen molar-refractivity contribution in [2.75, 3.05) is 10.6 Å². The minimum absolute atomic E-state index is 0.0563. The molecule has 0 bridgehead atoms. The zero-order valence-electron chi connectivity index (χ0n) is 16.2. The van der Waals surface area contributed by atoms with E-state index in [9.17, 15) is 14.4 Å². The Hall–Kier alpha value is -3.32. The Morgan fingerprint density at radius 1 is 0.931 bits per heavy atom. The smallest absolute Gasteiger partial charge is 0.226 e. The average Bonchev–Trinajstić information content (AvgIpc) is 3.15. The molecule has 0 aliphatic heterocycles. The molecule has 0 saturated carbocycles. The molecule has 0 unspecified atom stereocenters. The largest absolute Gasteiger partial charge is 0.326 e. The highest BCUT2D eigenvalue weighted by Gasteiger charge is 2.12. The highest BCUT2D eigenvalue weighted by molar-refractivity contribution is 7.14. The summed E-state index contributed by atoms with van der Waals surface area (Å²) < 4.78 is 0. The van der Waals surface area contributed by atoms with E-state index in [1.807, 2.05) is 36.6 Å². The lowest BCUT2D eigenvalue weighted by Crippen LogP contribution is -2.13.